The summed E-state index contributed by atoms with van der Waals surface area (Å²) in [6.07, 6.45) is -4.39. The SMILES string of the molecule is CC(C)C[C@@H](N)c1c(C(F)(F)F)ccc(Cl)c1F.Cl. The van der Waals surface area contributed by atoms with Gasteiger partial charge in [0.1, 0.15) is 5.82 Å². The van der Waals surface area contributed by atoms with E-state index in [-0.39, 0.29) is 29.8 Å². The van der Waals surface area contributed by atoms with Crippen LogP contribution in [0, 0.1) is 11.7 Å². The van der Waals surface area contributed by atoms with Crippen LogP contribution in [0.15, 0.2) is 12.1 Å². The van der Waals surface area contributed by atoms with Crippen LogP contribution in [-0.2, 0) is 6.18 Å². The number of hydrogen-bond donors (Lipinski definition) is 1. The maximum absolute atomic E-state index is 13.8. The fourth-order valence-corrected chi connectivity index (χ4v) is 1.97. The van der Waals surface area contributed by atoms with Crippen LogP contribution in [0.1, 0.15) is 37.4 Å². The zero-order chi connectivity index (χ0) is 14.1. The Balaban J connectivity index is 0.00000324. The van der Waals surface area contributed by atoms with Crippen LogP contribution in [0.4, 0.5) is 17.6 Å². The van der Waals surface area contributed by atoms with Crippen LogP contribution in [0.3, 0.4) is 0 Å². The molecule has 0 bridgehead atoms. The minimum atomic E-state index is -4.64. The van der Waals surface area contributed by atoms with Crippen LogP contribution in [0.5, 0.6) is 0 Å². The van der Waals surface area contributed by atoms with Crippen molar-refractivity contribution in [2.24, 2.45) is 11.7 Å². The molecule has 1 aromatic carbocycles. The highest BCUT2D eigenvalue weighted by Crippen LogP contribution is 2.38. The van der Waals surface area contributed by atoms with E-state index in [4.69, 9.17) is 17.3 Å². The zero-order valence-corrected chi connectivity index (χ0v) is 12.0. The summed E-state index contributed by atoms with van der Waals surface area (Å²) in [6, 6.07) is 0.631. The van der Waals surface area contributed by atoms with Gasteiger partial charge in [0, 0.05) is 11.6 Å². The third kappa shape index (κ3) is 4.51. The Morgan fingerprint density at radius 1 is 1.26 bits per heavy atom. The van der Waals surface area contributed by atoms with Gasteiger partial charge in [0.15, 0.2) is 0 Å². The molecule has 0 saturated heterocycles. The molecule has 0 fully saturated rings. The van der Waals surface area contributed by atoms with Gasteiger partial charge in [-0.25, -0.2) is 4.39 Å². The lowest BCUT2D eigenvalue weighted by atomic mass is 9.93. The minimum absolute atomic E-state index is 0. The predicted octanol–water partition coefficient (Wildman–Crippen LogP) is 4.97. The summed E-state index contributed by atoms with van der Waals surface area (Å²) in [7, 11) is 0. The molecule has 0 radical (unpaired) electrons. The second kappa shape index (κ2) is 6.77. The monoisotopic (exact) mass is 319 g/mol. The van der Waals surface area contributed by atoms with Gasteiger partial charge < -0.3 is 5.73 Å². The van der Waals surface area contributed by atoms with E-state index >= 15 is 0 Å². The first-order valence-corrected chi connectivity index (χ1v) is 5.83. The first-order chi connectivity index (χ1) is 8.14. The van der Waals surface area contributed by atoms with Gasteiger partial charge in [0.2, 0.25) is 0 Å². The summed E-state index contributed by atoms with van der Waals surface area (Å²) in [5, 5.41) is -0.350. The molecule has 19 heavy (non-hydrogen) atoms. The van der Waals surface area contributed by atoms with E-state index in [2.05, 4.69) is 0 Å². The highest BCUT2D eigenvalue weighted by atomic mass is 35.5. The van der Waals surface area contributed by atoms with Gasteiger partial charge in [0.05, 0.1) is 10.6 Å². The van der Waals surface area contributed by atoms with Crippen molar-refractivity contribution >= 4 is 24.0 Å². The number of hydrogen-bond acceptors (Lipinski definition) is 1. The second-order valence-corrected chi connectivity index (χ2v) is 4.96. The fourth-order valence-electron chi connectivity index (χ4n) is 1.80. The van der Waals surface area contributed by atoms with Gasteiger partial charge in [-0.15, -0.1) is 12.4 Å². The van der Waals surface area contributed by atoms with Gasteiger partial charge >= 0.3 is 6.18 Å². The van der Waals surface area contributed by atoms with Crippen molar-refractivity contribution < 1.29 is 17.6 Å². The van der Waals surface area contributed by atoms with E-state index in [9.17, 15) is 17.6 Å². The molecular formula is C12H15Cl2F4N. The highest BCUT2D eigenvalue weighted by Gasteiger charge is 2.36. The molecule has 110 valence electrons. The topological polar surface area (TPSA) is 26.0 Å². The van der Waals surface area contributed by atoms with Gasteiger partial charge in [-0.2, -0.15) is 13.2 Å². The van der Waals surface area contributed by atoms with E-state index in [0.29, 0.717) is 0 Å². The average Bonchev–Trinajstić information content (AvgIpc) is 2.18. The molecule has 0 unspecified atom stereocenters. The molecule has 0 aliphatic carbocycles. The summed E-state index contributed by atoms with van der Waals surface area (Å²) >= 11 is 5.52. The lowest BCUT2D eigenvalue weighted by molar-refractivity contribution is -0.138. The average molecular weight is 320 g/mol. The van der Waals surface area contributed by atoms with Crippen molar-refractivity contribution in [3.8, 4) is 0 Å². The Morgan fingerprint density at radius 3 is 2.21 bits per heavy atom. The predicted molar refractivity (Wildman–Crippen MR) is 70.0 cm³/mol. The van der Waals surface area contributed by atoms with E-state index in [1.165, 1.54) is 0 Å². The molecule has 1 atom stereocenters. The molecule has 0 aliphatic heterocycles. The summed E-state index contributed by atoms with van der Waals surface area (Å²) in [5.74, 6) is -1.03. The molecule has 0 amide bonds. The van der Waals surface area contributed by atoms with E-state index in [1.54, 1.807) is 13.8 Å². The second-order valence-electron chi connectivity index (χ2n) is 4.56. The number of benzene rings is 1. The third-order valence-corrected chi connectivity index (χ3v) is 2.83. The standard InChI is InChI=1S/C12H14ClF4N.ClH/c1-6(2)5-9(18)10-7(12(15,16)17)3-4-8(13)11(10)14;/h3-4,6,9H,5,18H2,1-2H3;1H/t9-;/m1./s1. The van der Waals surface area contributed by atoms with E-state index in [0.717, 1.165) is 12.1 Å². The summed E-state index contributed by atoms with van der Waals surface area (Å²) in [4.78, 5) is 0. The lowest BCUT2D eigenvalue weighted by Crippen LogP contribution is -2.21. The van der Waals surface area contributed by atoms with Crippen molar-refractivity contribution in [3.05, 3.63) is 34.1 Å². The van der Waals surface area contributed by atoms with E-state index < -0.39 is 29.2 Å². The minimum Gasteiger partial charge on any atom is -0.324 e. The summed E-state index contributed by atoms with van der Waals surface area (Å²) in [6.45, 7) is 3.60. The molecule has 0 aliphatic rings. The lowest BCUT2D eigenvalue weighted by Gasteiger charge is -2.21. The van der Waals surface area contributed by atoms with Gasteiger partial charge in [-0.1, -0.05) is 25.4 Å². The molecule has 0 saturated carbocycles. The quantitative estimate of drug-likeness (QED) is 0.782. The molecule has 0 aromatic heterocycles. The summed E-state index contributed by atoms with van der Waals surface area (Å²) < 4.78 is 52.2. The molecule has 1 rings (SSSR count). The molecule has 2 N–H and O–H groups in total. The fraction of sp³-hybridized carbons (Fsp3) is 0.500. The van der Waals surface area contributed by atoms with Crippen molar-refractivity contribution in [1.29, 1.82) is 0 Å². The molecule has 7 heteroatoms. The first-order valence-electron chi connectivity index (χ1n) is 5.45. The largest absolute Gasteiger partial charge is 0.416 e. The van der Waals surface area contributed by atoms with Crippen molar-refractivity contribution in [3.63, 3.8) is 0 Å². The molecule has 0 heterocycles. The Morgan fingerprint density at radius 2 is 1.79 bits per heavy atom. The number of halogens is 6. The molecule has 1 nitrogen and oxygen atoms in total. The normalized spacial score (nSPS) is 13.3. The smallest absolute Gasteiger partial charge is 0.324 e. The number of rotatable bonds is 3. The zero-order valence-electron chi connectivity index (χ0n) is 10.4. The summed E-state index contributed by atoms with van der Waals surface area (Å²) in [5.41, 5.74) is 4.05. The molecule has 1 aromatic rings. The maximum atomic E-state index is 13.8. The third-order valence-electron chi connectivity index (χ3n) is 2.53. The van der Waals surface area contributed by atoms with E-state index in [1.807, 2.05) is 0 Å². The Kier molecular flexibility index (Phi) is 6.59. The number of nitrogens with two attached hydrogens (primary N) is 1. The van der Waals surface area contributed by atoms with Crippen LogP contribution in [0.25, 0.3) is 0 Å². The van der Waals surface area contributed by atoms with Crippen LogP contribution in [-0.4, -0.2) is 0 Å². The first kappa shape index (κ1) is 18.5. The number of alkyl halides is 3. The van der Waals surface area contributed by atoms with Crippen LogP contribution < -0.4 is 5.73 Å². The molecule has 0 spiro atoms. The van der Waals surface area contributed by atoms with Crippen LogP contribution >= 0.6 is 24.0 Å². The van der Waals surface area contributed by atoms with Gasteiger partial charge in [-0.05, 0) is 24.5 Å². The van der Waals surface area contributed by atoms with Gasteiger partial charge in [0.25, 0.3) is 0 Å². The van der Waals surface area contributed by atoms with Crippen molar-refractivity contribution in [1.82, 2.24) is 0 Å². The Labute approximate surface area is 120 Å². The van der Waals surface area contributed by atoms with Crippen molar-refractivity contribution in [2.75, 3.05) is 0 Å². The highest BCUT2D eigenvalue weighted by molar-refractivity contribution is 6.30. The Bertz CT molecular complexity index is 432. The van der Waals surface area contributed by atoms with Crippen molar-refractivity contribution in [2.45, 2.75) is 32.5 Å². The van der Waals surface area contributed by atoms with Crippen LogP contribution in [0.2, 0.25) is 5.02 Å². The maximum Gasteiger partial charge on any atom is 0.416 e. The van der Waals surface area contributed by atoms with Gasteiger partial charge in [-0.3, -0.25) is 0 Å². The molecular weight excluding hydrogens is 305 g/mol. The Hall–Kier alpha value is -0.520.